The van der Waals surface area contributed by atoms with Crippen LogP contribution in [0.2, 0.25) is 0 Å². The third-order valence-corrected chi connectivity index (χ3v) is 5.18. The highest BCUT2D eigenvalue weighted by Crippen LogP contribution is 2.24. The predicted molar refractivity (Wildman–Crippen MR) is 100 cm³/mol. The predicted octanol–water partition coefficient (Wildman–Crippen LogP) is 3.03. The van der Waals surface area contributed by atoms with E-state index in [1.165, 1.54) is 11.3 Å². The standard InChI is InChI=1S/C18H22N4O3S/c1-21(12-15-19-8-11-26-15)16(17(23)24)13-4-6-14(7-5-13)20-18(25)22-9-2-3-10-22/h4-8,11,16H,2-3,9-10,12H2,1H3,(H,20,25)(H,23,24)/t16-/m1/s1. The number of hydrogen-bond donors (Lipinski definition) is 2. The lowest BCUT2D eigenvalue weighted by Crippen LogP contribution is -2.32. The quantitative estimate of drug-likeness (QED) is 0.812. The van der Waals surface area contributed by atoms with E-state index in [0.29, 0.717) is 17.8 Å². The van der Waals surface area contributed by atoms with E-state index >= 15 is 0 Å². The van der Waals surface area contributed by atoms with Gasteiger partial charge in [0.1, 0.15) is 11.0 Å². The van der Waals surface area contributed by atoms with Crippen LogP contribution in [0.15, 0.2) is 35.8 Å². The molecule has 0 saturated carbocycles. The van der Waals surface area contributed by atoms with Crippen LogP contribution in [0.1, 0.15) is 29.5 Å². The van der Waals surface area contributed by atoms with Crippen molar-refractivity contribution in [2.24, 2.45) is 0 Å². The van der Waals surface area contributed by atoms with Crippen LogP contribution in [0.4, 0.5) is 10.5 Å². The fourth-order valence-electron chi connectivity index (χ4n) is 3.09. The van der Waals surface area contributed by atoms with Gasteiger partial charge in [-0.2, -0.15) is 0 Å². The average molecular weight is 374 g/mol. The molecule has 7 nitrogen and oxygen atoms in total. The Hall–Kier alpha value is -2.45. The lowest BCUT2D eigenvalue weighted by molar-refractivity contribution is -0.143. The van der Waals surface area contributed by atoms with Crippen LogP contribution in [-0.2, 0) is 11.3 Å². The Morgan fingerprint density at radius 3 is 2.58 bits per heavy atom. The van der Waals surface area contributed by atoms with Crippen LogP contribution >= 0.6 is 11.3 Å². The smallest absolute Gasteiger partial charge is 0.325 e. The molecule has 2 heterocycles. The summed E-state index contributed by atoms with van der Waals surface area (Å²) in [7, 11) is 1.77. The lowest BCUT2D eigenvalue weighted by atomic mass is 10.1. The van der Waals surface area contributed by atoms with E-state index in [-0.39, 0.29) is 6.03 Å². The first-order valence-corrected chi connectivity index (χ1v) is 9.40. The Labute approximate surface area is 156 Å². The molecule has 8 heteroatoms. The Balaban J connectivity index is 1.67. The summed E-state index contributed by atoms with van der Waals surface area (Å²) in [6.07, 6.45) is 3.79. The highest BCUT2D eigenvalue weighted by molar-refractivity contribution is 7.09. The number of likely N-dealkylation sites (N-methyl/N-ethyl adjacent to an activating group) is 1. The molecular weight excluding hydrogens is 352 g/mol. The third kappa shape index (κ3) is 4.39. The first-order chi connectivity index (χ1) is 12.5. The topological polar surface area (TPSA) is 85.8 Å². The lowest BCUT2D eigenvalue weighted by Gasteiger charge is -2.24. The third-order valence-electron chi connectivity index (χ3n) is 4.41. The van der Waals surface area contributed by atoms with E-state index < -0.39 is 12.0 Å². The van der Waals surface area contributed by atoms with Gasteiger partial charge in [-0.15, -0.1) is 11.3 Å². The molecule has 0 radical (unpaired) electrons. The van der Waals surface area contributed by atoms with Gasteiger partial charge < -0.3 is 15.3 Å². The highest BCUT2D eigenvalue weighted by Gasteiger charge is 2.25. The highest BCUT2D eigenvalue weighted by atomic mass is 32.1. The van der Waals surface area contributed by atoms with Gasteiger partial charge in [-0.1, -0.05) is 12.1 Å². The number of carbonyl (C=O) groups is 2. The number of rotatable bonds is 6. The number of nitrogens with zero attached hydrogens (tertiary/aromatic N) is 3. The number of aliphatic carboxylic acids is 1. The van der Waals surface area contributed by atoms with Crippen LogP contribution in [0.3, 0.4) is 0 Å². The van der Waals surface area contributed by atoms with Crippen molar-refractivity contribution >= 4 is 29.0 Å². The summed E-state index contributed by atoms with van der Waals surface area (Å²) >= 11 is 1.50. The first-order valence-electron chi connectivity index (χ1n) is 8.52. The molecule has 1 aromatic carbocycles. The summed E-state index contributed by atoms with van der Waals surface area (Å²) in [6.45, 7) is 2.03. The summed E-state index contributed by atoms with van der Waals surface area (Å²) in [5, 5.41) is 15.3. The van der Waals surface area contributed by atoms with Crippen molar-refractivity contribution in [2.75, 3.05) is 25.5 Å². The summed E-state index contributed by atoms with van der Waals surface area (Å²) in [4.78, 5) is 31.7. The van der Waals surface area contributed by atoms with Crippen molar-refractivity contribution in [1.29, 1.82) is 0 Å². The number of thiazole rings is 1. The second-order valence-electron chi connectivity index (χ2n) is 6.33. The van der Waals surface area contributed by atoms with E-state index in [2.05, 4.69) is 10.3 Å². The van der Waals surface area contributed by atoms with Crippen LogP contribution < -0.4 is 5.32 Å². The molecular formula is C18H22N4O3S. The molecule has 26 heavy (non-hydrogen) atoms. The number of anilines is 1. The molecule has 138 valence electrons. The monoisotopic (exact) mass is 374 g/mol. The number of likely N-dealkylation sites (tertiary alicyclic amines) is 1. The van der Waals surface area contributed by atoms with Gasteiger partial charge in [-0.3, -0.25) is 9.69 Å². The molecule has 1 aliphatic heterocycles. The number of benzene rings is 1. The van der Waals surface area contributed by atoms with E-state index in [1.54, 1.807) is 47.3 Å². The number of urea groups is 1. The number of hydrogen-bond acceptors (Lipinski definition) is 5. The number of amides is 2. The summed E-state index contributed by atoms with van der Waals surface area (Å²) in [6, 6.07) is 6.11. The van der Waals surface area contributed by atoms with Gasteiger partial charge in [0.25, 0.3) is 0 Å². The van der Waals surface area contributed by atoms with Crippen molar-refractivity contribution < 1.29 is 14.7 Å². The molecule has 1 aliphatic rings. The molecule has 0 unspecified atom stereocenters. The first kappa shape index (κ1) is 18.3. The van der Waals surface area contributed by atoms with Gasteiger partial charge in [0.2, 0.25) is 0 Å². The van der Waals surface area contributed by atoms with E-state index in [9.17, 15) is 14.7 Å². The molecule has 2 N–H and O–H groups in total. The van der Waals surface area contributed by atoms with Crippen molar-refractivity contribution in [3.05, 3.63) is 46.4 Å². The Bertz CT molecular complexity index is 742. The Morgan fingerprint density at radius 1 is 1.31 bits per heavy atom. The number of carbonyl (C=O) groups excluding carboxylic acids is 1. The largest absolute Gasteiger partial charge is 0.480 e. The molecule has 3 rings (SSSR count). The summed E-state index contributed by atoms with van der Waals surface area (Å²) in [5.41, 5.74) is 1.33. The molecule has 1 atom stereocenters. The fourth-order valence-corrected chi connectivity index (χ4v) is 3.77. The van der Waals surface area contributed by atoms with Gasteiger partial charge in [0.05, 0.1) is 6.54 Å². The minimum atomic E-state index is -0.919. The number of carboxylic acids is 1. The van der Waals surface area contributed by atoms with Gasteiger partial charge in [-0.05, 0) is 37.6 Å². The number of carboxylic acid groups (broad SMARTS) is 1. The second kappa shape index (κ2) is 8.29. The number of aromatic nitrogens is 1. The van der Waals surface area contributed by atoms with Crippen LogP contribution in [0.25, 0.3) is 0 Å². The van der Waals surface area contributed by atoms with Crippen molar-refractivity contribution in [1.82, 2.24) is 14.8 Å². The molecule has 0 bridgehead atoms. The van der Waals surface area contributed by atoms with E-state index in [4.69, 9.17) is 0 Å². The Kier molecular flexibility index (Phi) is 5.85. The van der Waals surface area contributed by atoms with Crippen molar-refractivity contribution in [3.63, 3.8) is 0 Å². The van der Waals surface area contributed by atoms with Gasteiger partial charge in [-0.25, -0.2) is 9.78 Å². The minimum Gasteiger partial charge on any atom is -0.480 e. The maximum absolute atomic E-state index is 12.1. The maximum atomic E-state index is 12.1. The normalized spacial score (nSPS) is 15.2. The van der Waals surface area contributed by atoms with Crippen LogP contribution in [0.5, 0.6) is 0 Å². The molecule has 2 aromatic rings. The zero-order valence-electron chi connectivity index (χ0n) is 14.6. The minimum absolute atomic E-state index is 0.106. The fraction of sp³-hybridized carbons (Fsp3) is 0.389. The molecule has 1 fully saturated rings. The van der Waals surface area contributed by atoms with E-state index in [0.717, 1.165) is 30.9 Å². The maximum Gasteiger partial charge on any atom is 0.325 e. The van der Waals surface area contributed by atoms with Crippen molar-refractivity contribution in [3.8, 4) is 0 Å². The van der Waals surface area contributed by atoms with E-state index in [1.807, 2.05) is 5.38 Å². The van der Waals surface area contributed by atoms with Gasteiger partial charge in [0.15, 0.2) is 0 Å². The zero-order valence-corrected chi connectivity index (χ0v) is 15.4. The second-order valence-corrected chi connectivity index (χ2v) is 7.31. The van der Waals surface area contributed by atoms with Crippen LogP contribution in [0, 0.1) is 0 Å². The van der Waals surface area contributed by atoms with Gasteiger partial charge >= 0.3 is 12.0 Å². The molecule has 1 aromatic heterocycles. The molecule has 0 aliphatic carbocycles. The molecule has 2 amide bonds. The summed E-state index contributed by atoms with van der Waals surface area (Å²) in [5.74, 6) is -0.919. The Morgan fingerprint density at radius 2 is 2.00 bits per heavy atom. The number of nitrogens with one attached hydrogen (secondary N) is 1. The summed E-state index contributed by atoms with van der Waals surface area (Å²) < 4.78 is 0. The molecule has 0 spiro atoms. The van der Waals surface area contributed by atoms with Gasteiger partial charge in [0, 0.05) is 30.4 Å². The van der Waals surface area contributed by atoms with Crippen LogP contribution in [-0.4, -0.2) is 52.0 Å². The zero-order chi connectivity index (χ0) is 18.5. The average Bonchev–Trinajstić information content (AvgIpc) is 3.29. The van der Waals surface area contributed by atoms with Crippen molar-refractivity contribution in [2.45, 2.75) is 25.4 Å². The SMILES string of the molecule is CN(Cc1nccs1)[C@@H](C(=O)O)c1ccc(NC(=O)N2CCCC2)cc1. The molecule has 1 saturated heterocycles.